The van der Waals surface area contributed by atoms with Crippen molar-refractivity contribution in [1.82, 2.24) is 0 Å². The standard InChI is InChI=1S/C4H9NO3.C2H6/c5-1-4(2-6)8-3-7;1-2/h3-4,6H,1-2,5H2;1-2H3. The molecule has 1 atom stereocenters. The van der Waals surface area contributed by atoms with Crippen molar-refractivity contribution in [3.05, 3.63) is 0 Å². The van der Waals surface area contributed by atoms with E-state index in [1.54, 1.807) is 0 Å². The van der Waals surface area contributed by atoms with Gasteiger partial charge in [-0.25, -0.2) is 0 Å². The van der Waals surface area contributed by atoms with E-state index in [-0.39, 0.29) is 19.6 Å². The minimum atomic E-state index is -0.535. The third-order valence-corrected chi connectivity index (χ3v) is 0.715. The monoisotopic (exact) mass is 149 g/mol. The first kappa shape index (κ1) is 12.1. The van der Waals surface area contributed by atoms with Crippen LogP contribution in [-0.2, 0) is 9.53 Å². The van der Waals surface area contributed by atoms with Gasteiger partial charge in [0.2, 0.25) is 0 Å². The predicted molar refractivity (Wildman–Crippen MR) is 38.4 cm³/mol. The lowest BCUT2D eigenvalue weighted by molar-refractivity contribution is -0.134. The van der Waals surface area contributed by atoms with Crippen molar-refractivity contribution in [2.24, 2.45) is 5.73 Å². The Kier molecular flexibility index (Phi) is 13.6. The van der Waals surface area contributed by atoms with E-state index in [2.05, 4.69) is 4.74 Å². The van der Waals surface area contributed by atoms with E-state index in [9.17, 15) is 4.79 Å². The minimum Gasteiger partial charge on any atom is -0.461 e. The summed E-state index contributed by atoms with van der Waals surface area (Å²) in [6.45, 7) is 4.22. The van der Waals surface area contributed by atoms with E-state index in [4.69, 9.17) is 10.8 Å². The molecule has 1 unspecified atom stereocenters. The van der Waals surface area contributed by atoms with Crippen molar-refractivity contribution < 1.29 is 14.6 Å². The van der Waals surface area contributed by atoms with Gasteiger partial charge in [0.15, 0.2) is 0 Å². The van der Waals surface area contributed by atoms with Gasteiger partial charge in [-0.05, 0) is 0 Å². The van der Waals surface area contributed by atoms with Crippen LogP contribution in [0.4, 0.5) is 0 Å². The van der Waals surface area contributed by atoms with Crippen molar-refractivity contribution in [1.29, 1.82) is 0 Å². The Morgan fingerprint density at radius 3 is 2.30 bits per heavy atom. The van der Waals surface area contributed by atoms with Gasteiger partial charge < -0.3 is 15.6 Å². The Labute approximate surface area is 61.0 Å². The van der Waals surface area contributed by atoms with Crippen LogP contribution in [0.3, 0.4) is 0 Å². The van der Waals surface area contributed by atoms with E-state index in [1.807, 2.05) is 13.8 Å². The molecule has 0 radical (unpaired) electrons. The van der Waals surface area contributed by atoms with E-state index >= 15 is 0 Å². The average molecular weight is 149 g/mol. The minimum absolute atomic E-state index is 0.162. The van der Waals surface area contributed by atoms with E-state index in [1.165, 1.54) is 0 Å². The average Bonchev–Trinajstić information content (AvgIpc) is 2.04. The SMILES string of the molecule is CC.NCC(CO)OC=O. The Hall–Kier alpha value is -0.610. The maximum Gasteiger partial charge on any atom is 0.293 e. The fourth-order valence-corrected chi connectivity index (χ4v) is 0.252. The van der Waals surface area contributed by atoms with Crippen LogP contribution in [0.15, 0.2) is 0 Å². The van der Waals surface area contributed by atoms with Crippen LogP contribution in [0, 0.1) is 0 Å². The molecule has 0 saturated heterocycles. The highest BCUT2D eigenvalue weighted by atomic mass is 16.5. The highest BCUT2D eigenvalue weighted by molar-refractivity contribution is 5.37. The molecule has 0 aliphatic rings. The molecule has 0 aromatic heterocycles. The van der Waals surface area contributed by atoms with Gasteiger partial charge >= 0.3 is 0 Å². The second-order valence-corrected chi connectivity index (χ2v) is 1.27. The Bertz CT molecular complexity index is 64.0. The topological polar surface area (TPSA) is 72.6 Å². The summed E-state index contributed by atoms with van der Waals surface area (Å²) >= 11 is 0. The number of aliphatic hydroxyl groups is 1. The zero-order valence-electron chi connectivity index (χ0n) is 6.41. The van der Waals surface area contributed by atoms with Crippen molar-refractivity contribution in [2.45, 2.75) is 20.0 Å². The lowest BCUT2D eigenvalue weighted by Gasteiger charge is -2.06. The Balaban J connectivity index is 0. The van der Waals surface area contributed by atoms with Gasteiger partial charge in [0.05, 0.1) is 6.61 Å². The molecule has 0 amide bonds. The van der Waals surface area contributed by atoms with E-state index in [0.717, 1.165) is 0 Å². The highest BCUT2D eigenvalue weighted by Gasteiger charge is 2.01. The predicted octanol–water partition coefficient (Wildman–Crippen LogP) is -0.495. The van der Waals surface area contributed by atoms with Crippen molar-refractivity contribution in [3.63, 3.8) is 0 Å². The molecular formula is C6H15NO3. The Morgan fingerprint density at radius 1 is 1.70 bits per heavy atom. The zero-order chi connectivity index (χ0) is 8.41. The molecule has 10 heavy (non-hydrogen) atoms. The summed E-state index contributed by atoms with van der Waals surface area (Å²) in [4.78, 5) is 9.54. The number of aliphatic hydroxyl groups excluding tert-OH is 1. The fourth-order valence-electron chi connectivity index (χ4n) is 0.252. The van der Waals surface area contributed by atoms with Crippen LogP contribution in [0.25, 0.3) is 0 Å². The molecule has 0 heterocycles. The molecule has 0 aliphatic carbocycles. The summed E-state index contributed by atoms with van der Waals surface area (Å²) in [5, 5.41) is 8.29. The maximum atomic E-state index is 9.54. The maximum absolute atomic E-state index is 9.54. The molecule has 0 aromatic rings. The number of nitrogens with two attached hydrogens (primary N) is 1. The Morgan fingerprint density at radius 2 is 2.20 bits per heavy atom. The van der Waals surface area contributed by atoms with Gasteiger partial charge in [0.1, 0.15) is 6.10 Å². The molecule has 0 saturated carbocycles. The van der Waals surface area contributed by atoms with Crippen LogP contribution in [0.2, 0.25) is 0 Å². The number of hydrogen-bond donors (Lipinski definition) is 2. The summed E-state index contributed by atoms with van der Waals surface area (Å²) in [6.07, 6.45) is -0.535. The molecule has 0 aromatic carbocycles. The van der Waals surface area contributed by atoms with E-state index < -0.39 is 6.10 Å². The third-order valence-electron chi connectivity index (χ3n) is 0.715. The van der Waals surface area contributed by atoms with Crippen LogP contribution in [0.5, 0.6) is 0 Å². The van der Waals surface area contributed by atoms with Gasteiger partial charge in [-0.3, -0.25) is 4.79 Å². The smallest absolute Gasteiger partial charge is 0.293 e. The first-order valence-electron chi connectivity index (χ1n) is 3.25. The molecule has 4 heteroatoms. The molecule has 0 rings (SSSR count). The zero-order valence-corrected chi connectivity index (χ0v) is 6.41. The lowest BCUT2D eigenvalue weighted by atomic mass is 10.4. The first-order chi connectivity index (χ1) is 4.85. The molecule has 3 N–H and O–H groups in total. The number of carbonyl (C=O) groups excluding carboxylic acids is 1. The van der Waals surface area contributed by atoms with Gasteiger partial charge in [-0.1, -0.05) is 13.8 Å². The van der Waals surface area contributed by atoms with E-state index in [0.29, 0.717) is 0 Å². The van der Waals surface area contributed by atoms with Crippen molar-refractivity contribution in [3.8, 4) is 0 Å². The van der Waals surface area contributed by atoms with Crippen molar-refractivity contribution in [2.75, 3.05) is 13.2 Å². The van der Waals surface area contributed by atoms with Crippen LogP contribution in [-0.4, -0.2) is 30.8 Å². The summed E-state index contributed by atoms with van der Waals surface area (Å²) in [7, 11) is 0. The number of hydrogen-bond acceptors (Lipinski definition) is 4. The third kappa shape index (κ3) is 7.39. The number of carbonyl (C=O) groups is 1. The molecule has 0 bridgehead atoms. The van der Waals surface area contributed by atoms with Gasteiger partial charge in [0, 0.05) is 6.54 Å². The number of ether oxygens (including phenoxy) is 1. The fraction of sp³-hybridized carbons (Fsp3) is 0.833. The quantitative estimate of drug-likeness (QED) is 0.529. The molecule has 0 spiro atoms. The second-order valence-electron chi connectivity index (χ2n) is 1.27. The second kappa shape index (κ2) is 11.2. The van der Waals surface area contributed by atoms with Crippen LogP contribution in [0.1, 0.15) is 13.8 Å². The summed E-state index contributed by atoms with van der Waals surface area (Å²) in [6, 6.07) is 0. The molecule has 0 fully saturated rings. The van der Waals surface area contributed by atoms with Crippen LogP contribution < -0.4 is 5.73 Å². The largest absolute Gasteiger partial charge is 0.461 e. The van der Waals surface area contributed by atoms with Crippen molar-refractivity contribution >= 4 is 6.47 Å². The van der Waals surface area contributed by atoms with Gasteiger partial charge in [-0.15, -0.1) is 0 Å². The number of rotatable bonds is 4. The molecule has 4 nitrogen and oxygen atoms in total. The lowest BCUT2D eigenvalue weighted by Crippen LogP contribution is -2.26. The molecule has 62 valence electrons. The molecular weight excluding hydrogens is 134 g/mol. The summed E-state index contributed by atoms with van der Waals surface area (Å²) < 4.78 is 4.28. The normalized spacial score (nSPS) is 10.8. The molecule has 0 aliphatic heterocycles. The summed E-state index contributed by atoms with van der Waals surface area (Å²) in [5.74, 6) is 0. The summed E-state index contributed by atoms with van der Waals surface area (Å²) in [5.41, 5.74) is 5.03. The van der Waals surface area contributed by atoms with Gasteiger partial charge in [-0.2, -0.15) is 0 Å². The van der Waals surface area contributed by atoms with Gasteiger partial charge in [0.25, 0.3) is 6.47 Å². The first-order valence-corrected chi connectivity index (χ1v) is 3.25. The highest BCUT2D eigenvalue weighted by Crippen LogP contribution is 1.81. The van der Waals surface area contributed by atoms with Crippen LogP contribution >= 0.6 is 0 Å².